The molecule has 0 heterocycles. The van der Waals surface area contributed by atoms with Gasteiger partial charge in [0.25, 0.3) is 0 Å². The van der Waals surface area contributed by atoms with Gasteiger partial charge in [-0.1, -0.05) is 24.6 Å². The molecular formula is C16H25FN2O2S. The Labute approximate surface area is 132 Å². The quantitative estimate of drug-likeness (QED) is 0.805. The van der Waals surface area contributed by atoms with E-state index in [4.69, 9.17) is 0 Å². The van der Waals surface area contributed by atoms with Crippen LogP contribution in [0.2, 0.25) is 0 Å². The summed E-state index contributed by atoms with van der Waals surface area (Å²) in [4.78, 5) is 0. The summed E-state index contributed by atoms with van der Waals surface area (Å²) < 4.78 is 39.1. The zero-order valence-corrected chi connectivity index (χ0v) is 14.0. The Morgan fingerprint density at radius 1 is 1.32 bits per heavy atom. The maximum absolute atomic E-state index is 13.6. The highest BCUT2D eigenvalue weighted by Gasteiger charge is 2.29. The molecule has 2 rings (SSSR count). The molecule has 0 aliphatic heterocycles. The van der Waals surface area contributed by atoms with E-state index >= 15 is 0 Å². The van der Waals surface area contributed by atoms with E-state index in [1.165, 1.54) is 12.3 Å². The summed E-state index contributed by atoms with van der Waals surface area (Å²) in [6.45, 7) is 2.78. The van der Waals surface area contributed by atoms with Gasteiger partial charge in [-0.2, -0.15) is 0 Å². The second-order valence-electron chi connectivity index (χ2n) is 6.29. The fourth-order valence-corrected chi connectivity index (χ4v) is 3.99. The van der Waals surface area contributed by atoms with Gasteiger partial charge in [-0.15, -0.1) is 0 Å². The van der Waals surface area contributed by atoms with Crippen LogP contribution in [0.3, 0.4) is 0 Å². The van der Waals surface area contributed by atoms with Crippen molar-refractivity contribution in [1.29, 1.82) is 0 Å². The number of rotatable bonds is 7. The van der Waals surface area contributed by atoms with Gasteiger partial charge < -0.3 is 5.32 Å². The van der Waals surface area contributed by atoms with Crippen molar-refractivity contribution in [3.8, 4) is 0 Å². The van der Waals surface area contributed by atoms with Crippen LogP contribution in [0, 0.1) is 11.7 Å². The zero-order valence-electron chi connectivity index (χ0n) is 13.2. The van der Waals surface area contributed by atoms with Gasteiger partial charge >= 0.3 is 0 Å². The summed E-state index contributed by atoms with van der Waals surface area (Å²) >= 11 is 0. The van der Waals surface area contributed by atoms with E-state index in [9.17, 15) is 12.8 Å². The summed E-state index contributed by atoms with van der Waals surface area (Å²) in [5.74, 6) is 0.131. The summed E-state index contributed by atoms with van der Waals surface area (Å²) in [7, 11) is -3.16. The Kier molecular flexibility index (Phi) is 5.94. The molecule has 0 bridgehead atoms. The van der Waals surface area contributed by atoms with Gasteiger partial charge in [0.15, 0.2) is 0 Å². The number of benzene rings is 1. The lowest BCUT2D eigenvalue weighted by molar-refractivity contribution is 0.392. The second kappa shape index (κ2) is 7.53. The lowest BCUT2D eigenvalue weighted by Crippen LogP contribution is -2.42. The van der Waals surface area contributed by atoms with E-state index in [0.717, 1.165) is 25.8 Å². The summed E-state index contributed by atoms with van der Waals surface area (Å²) in [5, 5.41) is 3.41. The van der Waals surface area contributed by atoms with E-state index in [-0.39, 0.29) is 17.9 Å². The third kappa shape index (κ3) is 5.34. The normalized spacial score (nSPS) is 23.6. The van der Waals surface area contributed by atoms with E-state index in [2.05, 4.69) is 10.0 Å². The van der Waals surface area contributed by atoms with Gasteiger partial charge in [-0.25, -0.2) is 17.5 Å². The maximum atomic E-state index is 13.6. The summed E-state index contributed by atoms with van der Waals surface area (Å²) in [6.07, 6.45) is 4.79. The molecule has 1 aliphatic rings. The lowest BCUT2D eigenvalue weighted by atomic mass is 10.0. The number of sulfonamides is 1. The predicted molar refractivity (Wildman–Crippen MR) is 86.7 cm³/mol. The van der Waals surface area contributed by atoms with Crippen LogP contribution >= 0.6 is 0 Å². The molecule has 6 heteroatoms. The topological polar surface area (TPSA) is 58.2 Å². The summed E-state index contributed by atoms with van der Waals surface area (Å²) in [6, 6.07) is 6.98. The van der Waals surface area contributed by atoms with Crippen LogP contribution in [-0.4, -0.2) is 33.3 Å². The van der Waals surface area contributed by atoms with E-state index in [1.54, 1.807) is 12.1 Å². The van der Waals surface area contributed by atoms with E-state index < -0.39 is 10.0 Å². The van der Waals surface area contributed by atoms with Crippen molar-refractivity contribution in [2.75, 3.05) is 12.8 Å². The standard InChI is InChI=1S/C16H25FN2O2S/c1-12(10-13-6-3-4-8-15(13)17)18-11-14-7-5-9-16(14)19-22(2,20)21/h3-4,6,8,12,14,16,18-19H,5,7,9-11H2,1-2H3. The molecular weight excluding hydrogens is 303 g/mol. The molecule has 0 spiro atoms. The molecule has 0 aromatic heterocycles. The van der Waals surface area contributed by atoms with Gasteiger partial charge in [-0.3, -0.25) is 0 Å². The van der Waals surface area contributed by atoms with Gasteiger partial charge in [0.05, 0.1) is 6.26 Å². The van der Waals surface area contributed by atoms with Gasteiger partial charge in [0.1, 0.15) is 5.82 Å². The van der Waals surface area contributed by atoms with Crippen LogP contribution in [0.25, 0.3) is 0 Å². The van der Waals surface area contributed by atoms with Gasteiger partial charge in [0.2, 0.25) is 10.0 Å². The summed E-state index contributed by atoms with van der Waals surface area (Å²) in [5.41, 5.74) is 0.708. The SMILES string of the molecule is CC(Cc1ccccc1F)NCC1CCCC1NS(C)(=O)=O. The molecule has 0 saturated heterocycles. The van der Waals surface area contributed by atoms with Crippen LogP contribution in [0.4, 0.5) is 4.39 Å². The number of hydrogen-bond acceptors (Lipinski definition) is 3. The van der Waals surface area contributed by atoms with Crippen LogP contribution in [0.5, 0.6) is 0 Å². The third-order valence-electron chi connectivity index (χ3n) is 4.24. The van der Waals surface area contributed by atoms with Gasteiger partial charge in [0, 0.05) is 12.1 Å². The monoisotopic (exact) mass is 328 g/mol. The van der Waals surface area contributed by atoms with Crippen LogP contribution in [-0.2, 0) is 16.4 Å². The van der Waals surface area contributed by atoms with E-state index in [0.29, 0.717) is 17.9 Å². The minimum atomic E-state index is -3.16. The van der Waals surface area contributed by atoms with Crippen molar-refractivity contribution in [1.82, 2.24) is 10.0 Å². The Morgan fingerprint density at radius 3 is 2.73 bits per heavy atom. The molecule has 1 aromatic carbocycles. The molecule has 1 aromatic rings. The molecule has 1 aliphatic carbocycles. The predicted octanol–water partition coefficient (Wildman–Crippen LogP) is 2.06. The first-order valence-corrected chi connectivity index (χ1v) is 9.68. The Balaban J connectivity index is 1.83. The van der Waals surface area contributed by atoms with Crippen molar-refractivity contribution < 1.29 is 12.8 Å². The molecule has 4 nitrogen and oxygen atoms in total. The third-order valence-corrected chi connectivity index (χ3v) is 4.97. The highest BCUT2D eigenvalue weighted by Crippen LogP contribution is 2.25. The average molecular weight is 328 g/mol. The second-order valence-corrected chi connectivity index (χ2v) is 8.07. The molecule has 3 atom stereocenters. The van der Waals surface area contributed by atoms with Crippen molar-refractivity contribution in [3.63, 3.8) is 0 Å². The van der Waals surface area contributed by atoms with Crippen molar-refractivity contribution in [3.05, 3.63) is 35.6 Å². The molecule has 22 heavy (non-hydrogen) atoms. The Bertz CT molecular complexity index is 592. The molecule has 124 valence electrons. The molecule has 1 saturated carbocycles. The maximum Gasteiger partial charge on any atom is 0.208 e. The Hall–Kier alpha value is -0.980. The largest absolute Gasteiger partial charge is 0.314 e. The molecule has 3 unspecified atom stereocenters. The van der Waals surface area contributed by atoms with Crippen molar-refractivity contribution >= 4 is 10.0 Å². The minimum absolute atomic E-state index is 0.0168. The lowest BCUT2D eigenvalue weighted by Gasteiger charge is -2.23. The molecule has 1 fully saturated rings. The van der Waals surface area contributed by atoms with Crippen LogP contribution in [0.15, 0.2) is 24.3 Å². The average Bonchev–Trinajstić information content (AvgIpc) is 2.84. The van der Waals surface area contributed by atoms with Crippen LogP contribution in [0.1, 0.15) is 31.7 Å². The number of halogens is 1. The highest BCUT2D eigenvalue weighted by molar-refractivity contribution is 7.88. The first kappa shape index (κ1) is 17.4. The molecule has 2 N–H and O–H groups in total. The number of nitrogens with one attached hydrogen (secondary N) is 2. The zero-order chi connectivity index (χ0) is 16.2. The first-order chi connectivity index (χ1) is 10.3. The highest BCUT2D eigenvalue weighted by atomic mass is 32.2. The molecule has 0 radical (unpaired) electrons. The van der Waals surface area contributed by atoms with Crippen molar-refractivity contribution in [2.45, 2.75) is 44.7 Å². The van der Waals surface area contributed by atoms with Gasteiger partial charge in [-0.05, 0) is 50.3 Å². The number of hydrogen-bond donors (Lipinski definition) is 2. The minimum Gasteiger partial charge on any atom is -0.314 e. The molecule has 0 amide bonds. The fraction of sp³-hybridized carbons (Fsp3) is 0.625. The first-order valence-electron chi connectivity index (χ1n) is 7.79. The fourth-order valence-electron chi connectivity index (χ4n) is 3.13. The van der Waals surface area contributed by atoms with Crippen LogP contribution < -0.4 is 10.0 Å². The smallest absolute Gasteiger partial charge is 0.208 e. The Morgan fingerprint density at radius 2 is 2.05 bits per heavy atom. The van der Waals surface area contributed by atoms with Crippen molar-refractivity contribution in [2.24, 2.45) is 5.92 Å². The van der Waals surface area contributed by atoms with E-state index in [1.807, 2.05) is 13.0 Å².